The average molecular weight is 252 g/mol. The summed E-state index contributed by atoms with van der Waals surface area (Å²) in [7, 11) is 0. The Labute approximate surface area is 93.2 Å². The number of hydrogen-bond acceptors (Lipinski definition) is 1. The number of halogens is 1. The third-order valence-electron chi connectivity index (χ3n) is 3.57. The Morgan fingerprint density at radius 3 is 2.71 bits per heavy atom. The van der Waals surface area contributed by atoms with Crippen LogP contribution in [0.25, 0.3) is 0 Å². The average Bonchev–Trinajstić information content (AvgIpc) is 2.79. The van der Waals surface area contributed by atoms with Crippen LogP contribution in [0.2, 0.25) is 0 Å². The molecule has 2 bridgehead atoms. The van der Waals surface area contributed by atoms with Crippen LogP contribution in [0, 0.1) is 5.92 Å². The van der Waals surface area contributed by atoms with E-state index in [0.29, 0.717) is 0 Å². The molecule has 74 valence electrons. The molecule has 1 nitrogen and oxygen atoms in total. The van der Waals surface area contributed by atoms with Gasteiger partial charge in [0.05, 0.1) is 5.69 Å². The minimum atomic E-state index is 0.818. The van der Waals surface area contributed by atoms with E-state index in [2.05, 4.69) is 45.1 Å². The van der Waals surface area contributed by atoms with Crippen molar-refractivity contribution in [3.8, 4) is 0 Å². The summed E-state index contributed by atoms with van der Waals surface area (Å²) in [6.45, 7) is 1.27. The van der Waals surface area contributed by atoms with E-state index in [0.717, 1.165) is 12.0 Å². The van der Waals surface area contributed by atoms with Crippen LogP contribution in [0.5, 0.6) is 0 Å². The summed E-state index contributed by atoms with van der Waals surface area (Å²) < 4.78 is 1.24. The van der Waals surface area contributed by atoms with E-state index in [1.165, 1.54) is 36.0 Å². The lowest BCUT2D eigenvalue weighted by Crippen LogP contribution is -2.31. The number of fused-ring (bicyclic) bond motifs is 2. The lowest BCUT2D eigenvalue weighted by Gasteiger charge is -2.29. The van der Waals surface area contributed by atoms with Gasteiger partial charge in [0.15, 0.2) is 0 Å². The highest BCUT2D eigenvalue weighted by atomic mass is 79.9. The predicted octanol–water partition coefficient (Wildman–Crippen LogP) is 3.44. The monoisotopic (exact) mass is 251 g/mol. The van der Waals surface area contributed by atoms with Gasteiger partial charge in [-0.1, -0.05) is 12.1 Å². The molecule has 2 aliphatic rings. The van der Waals surface area contributed by atoms with E-state index < -0.39 is 0 Å². The van der Waals surface area contributed by atoms with Crippen molar-refractivity contribution in [2.75, 3.05) is 11.4 Å². The molecule has 1 aliphatic carbocycles. The molecule has 0 spiro atoms. The Morgan fingerprint density at radius 1 is 1.21 bits per heavy atom. The van der Waals surface area contributed by atoms with Gasteiger partial charge in [0, 0.05) is 17.1 Å². The smallest absolute Gasteiger partial charge is 0.0513 e. The van der Waals surface area contributed by atoms with E-state index >= 15 is 0 Å². The Bertz CT molecular complexity index is 350. The van der Waals surface area contributed by atoms with Crippen molar-refractivity contribution in [2.24, 2.45) is 5.92 Å². The second kappa shape index (κ2) is 3.27. The topological polar surface area (TPSA) is 3.24 Å². The molecular formula is C12H14BrN. The standard InChI is InChI=1S/C12H14BrN/c13-11-3-1-2-4-12(11)14-8-9-5-6-10(14)7-9/h1-4,9-10H,5-8H2. The van der Waals surface area contributed by atoms with Gasteiger partial charge in [0.1, 0.15) is 0 Å². The van der Waals surface area contributed by atoms with Crippen LogP contribution in [-0.2, 0) is 0 Å². The number of anilines is 1. The Balaban J connectivity index is 1.93. The summed E-state index contributed by atoms with van der Waals surface area (Å²) >= 11 is 3.64. The molecule has 1 saturated carbocycles. The molecule has 0 aromatic heterocycles. The van der Waals surface area contributed by atoms with E-state index in [1.54, 1.807) is 0 Å². The van der Waals surface area contributed by atoms with E-state index in [-0.39, 0.29) is 0 Å². The molecule has 2 heteroatoms. The first-order valence-corrected chi connectivity index (χ1v) is 6.15. The number of benzene rings is 1. The summed E-state index contributed by atoms with van der Waals surface area (Å²) in [5.41, 5.74) is 1.39. The molecule has 0 amide bonds. The number of para-hydroxylation sites is 1. The Morgan fingerprint density at radius 2 is 2.07 bits per heavy atom. The van der Waals surface area contributed by atoms with Crippen molar-refractivity contribution in [3.05, 3.63) is 28.7 Å². The van der Waals surface area contributed by atoms with E-state index in [4.69, 9.17) is 0 Å². The lowest BCUT2D eigenvalue weighted by molar-refractivity contribution is 0.553. The first kappa shape index (κ1) is 8.78. The van der Waals surface area contributed by atoms with Crippen LogP contribution in [0.4, 0.5) is 5.69 Å². The molecule has 2 fully saturated rings. The van der Waals surface area contributed by atoms with Gasteiger partial charge in [0.2, 0.25) is 0 Å². The lowest BCUT2D eigenvalue weighted by atomic mass is 10.1. The molecule has 1 saturated heterocycles. The van der Waals surface area contributed by atoms with Gasteiger partial charge in [-0.25, -0.2) is 0 Å². The highest BCUT2D eigenvalue weighted by Gasteiger charge is 2.38. The maximum Gasteiger partial charge on any atom is 0.0513 e. The maximum absolute atomic E-state index is 3.64. The zero-order valence-electron chi connectivity index (χ0n) is 8.12. The molecule has 2 unspecified atom stereocenters. The molecule has 1 aromatic rings. The fraction of sp³-hybridized carbons (Fsp3) is 0.500. The van der Waals surface area contributed by atoms with Crippen molar-refractivity contribution in [1.82, 2.24) is 0 Å². The van der Waals surface area contributed by atoms with Gasteiger partial charge in [-0.2, -0.15) is 0 Å². The SMILES string of the molecule is Brc1ccccc1N1CC2CCC1C2. The zero-order valence-corrected chi connectivity index (χ0v) is 9.70. The van der Waals surface area contributed by atoms with Crippen LogP contribution < -0.4 is 4.90 Å². The van der Waals surface area contributed by atoms with Gasteiger partial charge in [0.25, 0.3) is 0 Å². The molecule has 1 aromatic carbocycles. The van der Waals surface area contributed by atoms with Crippen molar-refractivity contribution in [2.45, 2.75) is 25.3 Å². The summed E-state index contributed by atoms with van der Waals surface area (Å²) in [6, 6.07) is 9.40. The molecule has 1 aliphatic heterocycles. The van der Waals surface area contributed by atoms with Crippen LogP contribution in [0.15, 0.2) is 28.7 Å². The van der Waals surface area contributed by atoms with Crippen molar-refractivity contribution in [1.29, 1.82) is 0 Å². The summed E-state index contributed by atoms with van der Waals surface area (Å²) in [5.74, 6) is 0.965. The first-order valence-electron chi connectivity index (χ1n) is 5.36. The zero-order chi connectivity index (χ0) is 9.54. The van der Waals surface area contributed by atoms with Crippen LogP contribution in [0.3, 0.4) is 0 Å². The van der Waals surface area contributed by atoms with Gasteiger partial charge in [-0.15, -0.1) is 0 Å². The fourth-order valence-corrected chi connectivity index (χ4v) is 3.42. The molecule has 1 heterocycles. The molecule has 0 radical (unpaired) electrons. The van der Waals surface area contributed by atoms with E-state index in [9.17, 15) is 0 Å². The molecule has 0 N–H and O–H groups in total. The first-order chi connectivity index (χ1) is 6.84. The van der Waals surface area contributed by atoms with Crippen LogP contribution in [-0.4, -0.2) is 12.6 Å². The minimum Gasteiger partial charge on any atom is -0.367 e. The van der Waals surface area contributed by atoms with Gasteiger partial charge >= 0.3 is 0 Å². The number of rotatable bonds is 1. The Kier molecular flexibility index (Phi) is 2.05. The molecule has 3 rings (SSSR count). The quantitative estimate of drug-likeness (QED) is 0.740. The second-order valence-corrected chi connectivity index (χ2v) is 5.29. The molecule has 2 atom stereocenters. The molecular weight excluding hydrogens is 238 g/mol. The van der Waals surface area contributed by atoms with Gasteiger partial charge < -0.3 is 4.90 Å². The minimum absolute atomic E-state index is 0.818. The second-order valence-electron chi connectivity index (χ2n) is 4.44. The number of piperidine rings is 1. The van der Waals surface area contributed by atoms with Crippen molar-refractivity contribution in [3.63, 3.8) is 0 Å². The number of hydrogen-bond donors (Lipinski definition) is 0. The van der Waals surface area contributed by atoms with Crippen molar-refractivity contribution >= 4 is 21.6 Å². The van der Waals surface area contributed by atoms with E-state index in [1.807, 2.05) is 0 Å². The third-order valence-corrected chi connectivity index (χ3v) is 4.24. The maximum atomic E-state index is 3.64. The van der Waals surface area contributed by atoms with Gasteiger partial charge in [-0.3, -0.25) is 0 Å². The summed E-state index contributed by atoms with van der Waals surface area (Å²) in [6.07, 6.45) is 4.26. The summed E-state index contributed by atoms with van der Waals surface area (Å²) in [5, 5.41) is 0. The fourth-order valence-electron chi connectivity index (χ4n) is 2.90. The van der Waals surface area contributed by atoms with Crippen LogP contribution >= 0.6 is 15.9 Å². The predicted molar refractivity (Wildman–Crippen MR) is 62.6 cm³/mol. The largest absolute Gasteiger partial charge is 0.367 e. The normalized spacial score (nSPS) is 29.9. The Hall–Kier alpha value is -0.500. The van der Waals surface area contributed by atoms with Crippen LogP contribution in [0.1, 0.15) is 19.3 Å². The summed E-state index contributed by atoms with van der Waals surface area (Å²) in [4.78, 5) is 2.58. The van der Waals surface area contributed by atoms with Gasteiger partial charge in [-0.05, 0) is 53.2 Å². The highest BCUT2D eigenvalue weighted by molar-refractivity contribution is 9.10. The number of nitrogens with zero attached hydrogens (tertiary/aromatic N) is 1. The third kappa shape index (κ3) is 1.28. The van der Waals surface area contributed by atoms with Crippen molar-refractivity contribution < 1.29 is 0 Å². The molecule has 14 heavy (non-hydrogen) atoms. The highest BCUT2D eigenvalue weighted by Crippen LogP contribution is 2.42.